The van der Waals surface area contributed by atoms with E-state index in [1.54, 1.807) is 0 Å². The summed E-state index contributed by atoms with van der Waals surface area (Å²) >= 11 is 1.50. The zero-order valence-electron chi connectivity index (χ0n) is 13.5. The van der Waals surface area contributed by atoms with Crippen molar-refractivity contribution >= 4 is 28.7 Å². The van der Waals surface area contributed by atoms with Gasteiger partial charge < -0.3 is 14.8 Å². The highest BCUT2D eigenvalue weighted by Gasteiger charge is 2.11. The van der Waals surface area contributed by atoms with Crippen LogP contribution in [0.1, 0.15) is 13.3 Å². The zero-order valence-corrected chi connectivity index (χ0v) is 14.3. The quantitative estimate of drug-likeness (QED) is 0.598. The maximum absolute atomic E-state index is 11.9. The second-order valence-electron chi connectivity index (χ2n) is 5.42. The number of hydrogen-bond acceptors (Lipinski definition) is 4. The number of benzene rings is 1. The van der Waals surface area contributed by atoms with Crippen molar-refractivity contribution in [3.63, 3.8) is 0 Å². The third-order valence-corrected chi connectivity index (χ3v) is 4.35. The van der Waals surface area contributed by atoms with Gasteiger partial charge in [0.25, 0.3) is 0 Å². The summed E-state index contributed by atoms with van der Waals surface area (Å²) in [6, 6.07) is 8.08. The number of fused-ring (bicyclic) bond motifs is 1. The van der Waals surface area contributed by atoms with Crippen LogP contribution in [0.25, 0.3) is 11.0 Å². The highest BCUT2D eigenvalue weighted by molar-refractivity contribution is 7.99. The smallest absolute Gasteiger partial charge is 0.230 e. The Labute approximate surface area is 136 Å². The molecule has 1 aromatic heterocycles. The van der Waals surface area contributed by atoms with E-state index in [-0.39, 0.29) is 5.91 Å². The highest BCUT2D eigenvalue weighted by atomic mass is 32.2. The van der Waals surface area contributed by atoms with Gasteiger partial charge in [-0.2, -0.15) is 0 Å². The minimum atomic E-state index is 0.0680. The van der Waals surface area contributed by atoms with Crippen LogP contribution in [0.2, 0.25) is 0 Å². The number of carbonyl (C=O) groups excluding carboxylic acids is 1. The van der Waals surface area contributed by atoms with E-state index in [2.05, 4.69) is 32.8 Å². The van der Waals surface area contributed by atoms with Crippen molar-refractivity contribution in [3.8, 4) is 0 Å². The maximum atomic E-state index is 11.9. The average Bonchev–Trinajstić information content (AvgIpc) is 2.86. The molecule has 6 heteroatoms. The molecule has 0 saturated heterocycles. The number of imidazole rings is 1. The molecule has 1 amide bonds. The Balaban J connectivity index is 1.87. The van der Waals surface area contributed by atoms with Crippen molar-refractivity contribution in [1.82, 2.24) is 19.8 Å². The summed E-state index contributed by atoms with van der Waals surface area (Å²) in [7, 11) is 4.07. The molecule has 22 heavy (non-hydrogen) atoms. The molecule has 1 heterocycles. The molecule has 1 N–H and O–H groups in total. The summed E-state index contributed by atoms with van der Waals surface area (Å²) in [6.07, 6.45) is 0.969. The largest absolute Gasteiger partial charge is 0.355 e. The van der Waals surface area contributed by atoms with Crippen molar-refractivity contribution in [2.45, 2.75) is 25.0 Å². The lowest BCUT2D eigenvalue weighted by molar-refractivity contribution is -0.118. The molecule has 1 aromatic carbocycles. The number of amides is 1. The van der Waals surface area contributed by atoms with Crippen molar-refractivity contribution < 1.29 is 4.79 Å². The number of thioether (sulfide) groups is 1. The Bertz CT molecular complexity index is 624. The minimum absolute atomic E-state index is 0.0680. The highest BCUT2D eigenvalue weighted by Crippen LogP contribution is 2.23. The van der Waals surface area contributed by atoms with Crippen molar-refractivity contribution in [3.05, 3.63) is 24.3 Å². The molecule has 0 fully saturated rings. The molecule has 0 spiro atoms. The summed E-state index contributed by atoms with van der Waals surface area (Å²) in [5.74, 6) is 0.476. The number of carbonyl (C=O) groups is 1. The molecule has 0 atom stereocenters. The second kappa shape index (κ2) is 8.19. The van der Waals surface area contributed by atoms with E-state index in [1.807, 2.05) is 32.3 Å². The zero-order chi connectivity index (χ0) is 15.9. The predicted molar refractivity (Wildman–Crippen MR) is 92.3 cm³/mol. The summed E-state index contributed by atoms with van der Waals surface area (Å²) in [5, 5.41) is 3.87. The van der Waals surface area contributed by atoms with Gasteiger partial charge in [-0.15, -0.1) is 0 Å². The minimum Gasteiger partial charge on any atom is -0.355 e. The predicted octanol–water partition coefficient (Wildman–Crippen LogP) is 2.22. The molecule has 0 bridgehead atoms. The number of aromatic nitrogens is 2. The first-order valence-corrected chi connectivity index (χ1v) is 8.60. The number of nitrogens with zero attached hydrogens (tertiary/aromatic N) is 3. The van der Waals surface area contributed by atoms with Gasteiger partial charge in [-0.1, -0.05) is 23.9 Å². The van der Waals surface area contributed by atoms with Crippen LogP contribution in [-0.4, -0.2) is 53.3 Å². The van der Waals surface area contributed by atoms with Crippen LogP contribution in [0, 0.1) is 0 Å². The molecular weight excluding hydrogens is 296 g/mol. The molecule has 0 aliphatic rings. The Hall–Kier alpha value is -1.53. The van der Waals surface area contributed by atoms with Crippen LogP contribution in [0.3, 0.4) is 0 Å². The van der Waals surface area contributed by atoms with Gasteiger partial charge in [0.1, 0.15) is 0 Å². The Morgan fingerprint density at radius 3 is 2.86 bits per heavy atom. The fourth-order valence-electron chi connectivity index (χ4n) is 2.27. The van der Waals surface area contributed by atoms with Gasteiger partial charge in [0, 0.05) is 13.1 Å². The van der Waals surface area contributed by atoms with Gasteiger partial charge in [-0.05, 0) is 46.1 Å². The van der Waals surface area contributed by atoms with Crippen LogP contribution in [0.5, 0.6) is 0 Å². The van der Waals surface area contributed by atoms with E-state index >= 15 is 0 Å². The Morgan fingerprint density at radius 1 is 1.36 bits per heavy atom. The summed E-state index contributed by atoms with van der Waals surface area (Å²) in [4.78, 5) is 18.6. The standard InChI is InChI=1S/C16H24N4OS/c1-4-20-14-9-6-5-8-13(14)18-16(20)22-12-15(21)17-10-7-11-19(2)3/h5-6,8-9H,4,7,10-12H2,1-3H3,(H,17,21). The van der Waals surface area contributed by atoms with E-state index in [1.165, 1.54) is 11.8 Å². The molecule has 5 nitrogen and oxygen atoms in total. The Morgan fingerprint density at radius 2 is 2.14 bits per heavy atom. The summed E-state index contributed by atoms with van der Waals surface area (Å²) in [5.41, 5.74) is 2.11. The summed E-state index contributed by atoms with van der Waals surface area (Å²) < 4.78 is 2.15. The SMILES string of the molecule is CCn1c(SCC(=O)NCCCN(C)C)nc2ccccc21. The van der Waals surface area contributed by atoms with Crippen molar-refractivity contribution in [2.75, 3.05) is 32.9 Å². The van der Waals surface area contributed by atoms with Crippen LogP contribution >= 0.6 is 11.8 Å². The lowest BCUT2D eigenvalue weighted by Crippen LogP contribution is -2.28. The van der Waals surface area contributed by atoms with Gasteiger partial charge in [-0.25, -0.2) is 4.98 Å². The van der Waals surface area contributed by atoms with Crippen molar-refractivity contribution in [1.29, 1.82) is 0 Å². The second-order valence-corrected chi connectivity index (χ2v) is 6.37. The third kappa shape index (κ3) is 4.48. The maximum Gasteiger partial charge on any atom is 0.230 e. The van der Waals surface area contributed by atoms with Crippen LogP contribution < -0.4 is 5.32 Å². The lowest BCUT2D eigenvalue weighted by atomic mass is 10.3. The molecular formula is C16H24N4OS. The first-order valence-electron chi connectivity index (χ1n) is 7.61. The fraction of sp³-hybridized carbons (Fsp3) is 0.500. The lowest BCUT2D eigenvalue weighted by Gasteiger charge is -2.10. The normalized spacial score (nSPS) is 11.3. The van der Waals surface area contributed by atoms with Gasteiger partial charge in [-0.3, -0.25) is 4.79 Å². The molecule has 2 rings (SSSR count). The van der Waals surface area contributed by atoms with Crippen LogP contribution in [0.4, 0.5) is 0 Å². The van der Waals surface area contributed by atoms with E-state index < -0.39 is 0 Å². The fourth-order valence-corrected chi connectivity index (χ4v) is 3.18. The number of rotatable bonds is 8. The first kappa shape index (κ1) is 16.8. The van der Waals surface area contributed by atoms with E-state index in [0.29, 0.717) is 5.75 Å². The van der Waals surface area contributed by atoms with Crippen LogP contribution in [-0.2, 0) is 11.3 Å². The number of hydrogen-bond donors (Lipinski definition) is 1. The number of nitrogens with one attached hydrogen (secondary N) is 1. The molecule has 0 unspecified atom stereocenters. The molecule has 0 radical (unpaired) electrons. The molecule has 2 aromatic rings. The monoisotopic (exact) mass is 320 g/mol. The van der Waals surface area contributed by atoms with Gasteiger partial charge in [0.15, 0.2) is 5.16 Å². The molecule has 0 saturated carbocycles. The van der Waals surface area contributed by atoms with Crippen LogP contribution in [0.15, 0.2) is 29.4 Å². The first-order chi connectivity index (χ1) is 10.6. The number of aryl methyl sites for hydroxylation is 1. The van der Waals surface area contributed by atoms with E-state index in [4.69, 9.17) is 0 Å². The average molecular weight is 320 g/mol. The number of para-hydroxylation sites is 2. The van der Waals surface area contributed by atoms with Gasteiger partial charge in [0.2, 0.25) is 5.91 Å². The molecule has 0 aliphatic carbocycles. The van der Waals surface area contributed by atoms with E-state index in [0.717, 1.165) is 42.2 Å². The van der Waals surface area contributed by atoms with Crippen molar-refractivity contribution in [2.24, 2.45) is 0 Å². The molecule has 0 aliphatic heterocycles. The Kier molecular flexibility index (Phi) is 6.27. The molecule has 120 valence electrons. The summed E-state index contributed by atoms with van der Waals surface area (Å²) in [6.45, 7) is 4.66. The van der Waals surface area contributed by atoms with Gasteiger partial charge >= 0.3 is 0 Å². The topological polar surface area (TPSA) is 50.2 Å². The third-order valence-electron chi connectivity index (χ3n) is 3.37. The van der Waals surface area contributed by atoms with E-state index in [9.17, 15) is 4.79 Å². The van der Waals surface area contributed by atoms with Gasteiger partial charge in [0.05, 0.1) is 16.8 Å².